The van der Waals surface area contributed by atoms with Gasteiger partial charge >= 0.3 is 0 Å². The van der Waals surface area contributed by atoms with Gasteiger partial charge in [-0.1, -0.05) is 74.4 Å². The van der Waals surface area contributed by atoms with Crippen molar-refractivity contribution >= 4 is 0 Å². The molecule has 1 fully saturated rings. The minimum absolute atomic E-state index is 0.152. The van der Waals surface area contributed by atoms with Crippen LogP contribution in [0.4, 0.5) is 8.78 Å². The fourth-order valence-electron chi connectivity index (χ4n) is 6.07. The van der Waals surface area contributed by atoms with Gasteiger partial charge in [0, 0.05) is 5.92 Å². The van der Waals surface area contributed by atoms with Gasteiger partial charge in [0.1, 0.15) is 11.6 Å². The second-order valence-corrected chi connectivity index (χ2v) is 10.5. The van der Waals surface area contributed by atoms with Crippen LogP contribution in [0.5, 0.6) is 0 Å². The van der Waals surface area contributed by atoms with Gasteiger partial charge in [0.05, 0.1) is 0 Å². The molecule has 192 valence electrons. The minimum atomic E-state index is -0.224. The van der Waals surface area contributed by atoms with E-state index >= 15 is 0 Å². The maximum atomic E-state index is 13.5. The van der Waals surface area contributed by atoms with Crippen LogP contribution in [-0.4, -0.2) is 13.1 Å². The zero-order chi connectivity index (χ0) is 25.2. The highest BCUT2D eigenvalue weighted by molar-refractivity contribution is 5.32. The Morgan fingerprint density at radius 1 is 0.667 bits per heavy atom. The molecule has 0 aliphatic heterocycles. The van der Waals surface area contributed by atoms with Crippen molar-refractivity contribution in [2.45, 2.75) is 64.2 Å². The molecular formula is C33H41F2N. The number of nitrogens with one attached hydrogen (secondary N) is 1. The molecule has 1 aliphatic carbocycles. The molecule has 1 aliphatic rings. The first kappa shape index (κ1) is 26.5. The van der Waals surface area contributed by atoms with E-state index in [1.165, 1.54) is 68.4 Å². The van der Waals surface area contributed by atoms with Crippen molar-refractivity contribution in [3.8, 4) is 0 Å². The molecule has 0 amide bonds. The number of halogens is 2. The predicted molar refractivity (Wildman–Crippen MR) is 146 cm³/mol. The quantitative estimate of drug-likeness (QED) is 0.211. The van der Waals surface area contributed by atoms with Crippen molar-refractivity contribution in [2.24, 2.45) is 17.8 Å². The molecule has 0 aromatic heterocycles. The highest BCUT2D eigenvalue weighted by Gasteiger charge is 2.47. The molecule has 1 saturated carbocycles. The summed E-state index contributed by atoms with van der Waals surface area (Å²) < 4.78 is 26.9. The summed E-state index contributed by atoms with van der Waals surface area (Å²) in [5.41, 5.74) is 3.63. The van der Waals surface area contributed by atoms with Gasteiger partial charge in [0.25, 0.3) is 0 Å². The summed E-state index contributed by atoms with van der Waals surface area (Å²) in [5, 5.41) is 3.68. The number of aryl methyl sites for hydroxylation is 1. The molecule has 0 saturated heterocycles. The zero-order valence-electron chi connectivity index (χ0n) is 21.6. The van der Waals surface area contributed by atoms with Gasteiger partial charge in [-0.15, -0.1) is 0 Å². The molecule has 0 radical (unpaired) electrons. The summed E-state index contributed by atoms with van der Waals surface area (Å²) in [6.07, 6.45) is 9.78. The molecule has 1 N–H and O–H groups in total. The van der Waals surface area contributed by atoms with Crippen LogP contribution in [0, 0.1) is 29.4 Å². The Morgan fingerprint density at radius 2 is 1.25 bits per heavy atom. The van der Waals surface area contributed by atoms with Crippen LogP contribution in [0.25, 0.3) is 0 Å². The monoisotopic (exact) mass is 489 g/mol. The van der Waals surface area contributed by atoms with Crippen molar-refractivity contribution in [3.05, 3.63) is 107 Å². The highest BCUT2D eigenvalue weighted by Crippen LogP contribution is 2.53. The molecule has 0 spiro atoms. The number of hydrogen-bond acceptors (Lipinski definition) is 1. The number of hydrogen-bond donors (Lipinski definition) is 1. The predicted octanol–water partition coefficient (Wildman–Crippen LogP) is 8.54. The van der Waals surface area contributed by atoms with E-state index in [2.05, 4.69) is 42.6 Å². The van der Waals surface area contributed by atoms with Crippen LogP contribution < -0.4 is 5.32 Å². The Kier molecular flexibility index (Phi) is 10.1. The third-order valence-corrected chi connectivity index (χ3v) is 8.02. The van der Waals surface area contributed by atoms with Gasteiger partial charge in [-0.25, -0.2) is 8.78 Å². The lowest BCUT2D eigenvalue weighted by Crippen LogP contribution is -2.18. The van der Waals surface area contributed by atoms with Crippen molar-refractivity contribution < 1.29 is 8.78 Å². The van der Waals surface area contributed by atoms with Crippen LogP contribution in [0.15, 0.2) is 78.9 Å². The van der Waals surface area contributed by atoms with Crippen LogP contribution >= 0.6 is 0 Å². The minimum Gasteiger partial charge on any atom is -0.317 e. The second kappa shape index (κ2) is 13.7. The summed E-state index contributed by atoms with van der Waals surface area (Å²) >= 11 is 0. The van der Waals surface area contributed by atoms with Gasteiger partial charge in [0.2, 0.25) is 0 Å². The average molecular weight is 490 g/mol. The van der Waals surface area contributed by atoms with Gasteiger partial charge in [-0.3, -0.25) is 0 Å². The second-order valence-electron chi connectivity index (χ2n) is 10.5. The SMILES string of the molecule is CCCC1[C@@H](CCNCCCC(c2ccc(F)cc2)c2ccc(F)cc2)[C@H]1CCCc1ccccc1. The summed E-state index contributed by atoms with van der Waals surface area (Å²) in [5.74, 6) is 2.43. The maximum Gasteiger partial charge on any atom is 0.123 e. The fourth-order valence-corrected chi connectivity index (χ4v) is 6.07. The molecule has 4 rings (SSSR count). The molecule has 1 nitrogen and oxygen atoms in total. The van der Waals surface area contributed by atoms with Crippen LogP contribution in [0.1, 0.15) is 74.5 Å². The summed E-state index contributed by atoms with van der Waals surface area (Å²) in [4.78, 5) is 0. The lowest BCUT2D eigenvalue weighted by molar-refractivity contribution is 0.532. The molecule has 0 heterocycles. The van der Waals surface area contributed by atoms with E-state index in [4.69, 9.17) is 0 Å². The van der Waals surface area contributed by atoms with Crippen LogP contribution in [0.3, 0.4) is 0 Å². The van der Waals surface area contributed by atoms with E-state index in [0.29, 0.717) is 0 Å². The average Bonchev–Trinajstić information content (AvgIpc) is 3.56. The Labute approximate surface area is 216 Å². The molecule has 0 bridgehead atoms. The Hall–Kier alpha value is -2.52. The molecule has 1 unspecified atom stereocenters. The molecule has 3 aromatic carbocycles. The first-order valence-corrected chi connectivity index (χ1v) is 13.9. The van der Waals surface area contributed by atoms with E-state index in [0.717, 1.165) is 54.8 Å². The van der Waals surface area contributed by atoms with Gasteiger partial charge < -0.3 is 5.32 Å². The topological polar surface area (TPSA) is 12.0 Å². The smallest absolute Gasteiger partial charge is 0.123 e. The van der Waals surface area contributed by atoms with Crippen molar-refractivity contribution in [1.29, 1.82) is 0 Å². The Balaban J connectivity index is 1.19. The summed E-state index contributed by atoms with van der Waals surface area (Å²) in [6.45, 7) is 4.37. The summed E-state index contributed by atoms with van der Waals surface area (Å²) in [7, 11) is 0. The van der Waals surface area contributed by atoms with Crippen molar-refractivity contribution in [3.63, 3.8) is 0 Å². The largest absolute Gasteiger partial charge is 0.317 e. The standard InChI is InChI=1S/C33H41F2N/c1-2-8-31-32(12-6-11-25-9-4-3-5-10-25)33(31)22-24-36-23-7-13-30(26-14-18-28(34)19-15-26)27-16-20-29(35)21-17-27/h3-5,9-10,14-21,30-33,36H,2,6-8,11-13,22-24H2,1H3/t31?,32-,33+/m0/s1. The number of benzene rings is 3. The van der Waals surface area contributed by atoms with Gasteiger partial charge in [-0.05, 0) is 110 Å². The van der Waals surface area contributed by atoms with Crippen LogP contribution in [0.2, 0.25) is 0 Å². The lowest BCUT2D eigenvalue weighted by Gasteiger charge is -2.18. The first-order chi connectivity index (χ1) is 17.7. The summed E-state index contributed by atoms with van der Waals surface area (Å²) in [6, 6.07) is 24.4. The highest BCUT2D eigenvalue weighted by atomic mass is 19.1. The van der Waals surface area contributed by atoms with Gasteiger partial charge in [-0.2, -0.15) is 0 Å². The Bertz CT molecular complexity index is 970. The zero-order valence-corrected chi connectivity index (χ0v) is 21.6. The first-order valence-electron chi connectivity index (χ1n) is 13.9. The normalized spacial score (nSPS) is 19.1. The molecule has 3 aromatic rings. The Morgan fingerprint density at radius 3 is 1.86 bits per heavy atom. The van der Waals surface area contributed by atoms with E-state index in [1.54, 1.807) is 0 Å². The third-order valence-electron chi connectivity index (χ3n) is 8.02. The third kappa shape index (κ3) is 7.74. The molecule has 36 heavy (non-hydrogen) atoms. The molecule has 3 heteroatoms. The van der Waals surface area contributed by atoms with Crippen LogP contribution in [-0.2, 0) is 6.42 Å². The van der Waals surface area contributed by atoms with Crippen molar-refractivity contribution in [1.82, 2.24) is 5.32 Å². The molecule has 3 atom stereocenters. The lowest BCUT2D eigenvalue weighted by atomic mass is 9.87. The molecular weight excluding hydrogens is 448 g/mol. The van der Waals surface area contributed by atoms with Gasteiger partial charge in [0.15, 0.2) is 0 Å². The fraction of sp³-hybridized carbons (Fsp3) is 0.455. The number of rotatable bonds is 15. The van der Waals surface area contributed by atoms with Crippen molar-refractivity contribution in [2.75, 3.05) is 13.1 Å². The van der Waals surface area contributed by atoms with E-state index < -0.39 is 0 Å². The maximum absolute atomic E-state index is 13.5. The van der Waals surface area contributed by atoms with E-state index in [1.807, 2.05) is 24.3 Å². The van der Waals surface area contributed by atoms with E-state index in [9.17, 15) is 8.78 Å². The van der Waals surface area contributed by atoms with E-state index in [-0.39, 0.29) is 17.6 Å².